The molecule has 0 saturated carbocycles. The Morgan fingerprint density at radius 2 is 2.00 bits per heavy atom. The lowest BCUT2D eigenvalue weighted by Crippen LogP contribution is -2.01. The maximum atomic E-state index is 11.3. The number of ether oxygens (including phenoxy) is 1. The van der Waals surface area contributed by atoms with Gasteiger partial charge in [-0.25, -0.2) is 19.7 Å². The van der Waals surface area contributed by atoms with Crippen molar-refractivity contribution >= 4 is 28.6 Å². The Morgan fingerprint density at radius 3 is 2.75 bits per heavy atom. The molecule has 0 radical (unpaired) electrons. The first-order chi connectivity index (χ1) is 9.78. The molecule has 0 amide bonds. The molecule has 7 nitrogen and oxygen atoms in total. The number of fused-ring (bicyclic) bond motifs is 1. The summed E-state index contributed by atoms with van der Waals surface area (Å²) in [6.07, 6.45) is 3.00. The second-order valence-electron chi connectivity index (χ2n) is 4.02. The molecular formula is C13H11N5O2. The van der Waals surface area contributed by atoms with Crippen LogP contribution < -0.4 is 5.32 Å². The Bertz CT molecular complexity index is 751. The predicted octanol–water partition coefficient (Wildman–Crippen LogP) is 1.88. The minimum absolute atomic E-state index is 0.366. The van der Waals surface area contributed by atoms with Crippen LogP contribution in [0, 0.1) is 0 Å². The number of H-pyrrole nitrogens is 1. The first kappa shape index (κ1) is 12.1. The van der Waals surface area contributed by atoms with Gasteiger partial charge in [-0.2, -0.15) is 0 Å². The van der Waals surface area contributed by atoms with Gasteiger partial charge in [-0.3, -0.25) is 0 Å². The summed E-state index contributed by atoms with van der Waals surface area (Å²) in [5.41, 5.74) is 2.61. The lowest BCUT2D eigenvalue weighted by molar-refractivity contribution is 0.0601. The Kier molecular flexibility index (Phi) is 3.00. The maximum absolute atomic E-state index is 11.3. The number of hydrogen-bond acceptors (Lipinski definition) is 6. The van der Waals surface area contributed by atoms with E-state index in [-0.39, 0.29) is 5.97 Å². The van der Waals surface area contributed by atoms with Gasteiger partial charge in [0.2, 0.25) is 0 Å². The average molecular weight is 269 g/mol. The number of rotatable bonds is 3. The number of nitrogens with one attached hydrogen (secondary N) is 2. The monoisotopic (exact) mass is 269 g/mol. The molecule has 3 rings (SSSR count). The van der Waals surface area contributed by atoms with Crippen LogP contribution in [0.25, 0.3) is 11.2 Å². The van der Waals surface area contributed by atoms with Crippen LogP contribution in [0.15, 0.2) is 36.9 Å². The quantitative estimate of drug-likeness (QED) is 0.705. The summed E-state index contributed by atoms with van der Waals surface area (Å²) in [5, 5.41) is 3.14. The predicted molar refractivity (Wildman–Crippen MR) is 72.7 cm³/mol. The van der Waals surface area contributed by atoms with Crippen molar-refractivity contribution in [1.82, 2.24) is 19.9 Å². The molecule has 0 unspecified atom stereocenters. The van der Waals surface area contributed by atoms with Crippen molar-refractivity contribution in [3.05, 3.63) is 42.5 Å². The lowest BCUT2D eigenvalue weighted by atomic mass is 10.2. The van der Waals surface area contributed by atoms with Gasteiger partial charge in [-0.1, -0.05) is 0 Å². The maximum Gasteiger partial charge on any atom is 0.337 e. The Balaban J connectivity index is 1.88. The molecule has 0 bridgehead atoms. The number of aromatic nitrogens is 4. The minimum Gasteiger partial charge on any atom is -0.465 e. The number of imidazole rings is 1. The minimum atomic E-state index is -0.366. The normalized spacial score (nSPS) is 10.4. The summed E-state index contributed by atoms with van der Waals surface area (Å²) in [7, 11) is 1.35. The molecule has 0 saturated heterocycles. The van der Waals surface area contributed by atoms with Crippen molar-refractivity contribution in [3.63, 3.8) is 0 Å². The van der Waals surface area contributed by atoms with Crippen LogP contribution in [0.1, 0.15) is 10.4 Å². The summed E-state index contributed by atoms with van der Waals surface area (Å²) < 4.78 is 4.65. The summed E-state index contributed by atoms with van der Waals surface area (Å²) in [6.45, 7) is 0. The van der Waals surface area contributed by atoms with Gasteiger partial charge in [-0.15, -0.1) is 0 Å². The molecule has 100 valence electrons. The number of nitrogens with zero attached hydrogens (tertiary/aromatic N) is 3. The molecule has 3 aromatic rings. The fourth-order valence-corrected chi connectivity index (χ4v) is 1.80. The molecule has 7 heteroatoms. The molecule has 0 aliphatic carbocycles. The summed E-state index contributed by atoms with van der Waals surface area (Å²) in [5.74, 6) is 0.257. The second-order valence-corrected chi connectivity index (χ2v) is 4.02. The molecule has 2 aromatic heterocycles. The van der Waals surface area contributed by atoms with Crippen molar-refractivity contribution in [1.29, 1.82) is 0 Å². The topological polar surface area (TPSA) is 92.8 Å². The van der Waals surface area contributed by atoms with E-state index in [4.69, 9.17) is 0 Å². The number of hydrogen-bond donors (Lipinski definition) is 2. The third kappa shape index (κ3) is 2.16. The third-order valence-corrected chi connectivity index (χ3v) is 2.79. The number of carbonyl (C=O) groups is 1. The molecular weight excluding hydrogens is 258 g/mol. The largest absolute Gasteiger partial charge is 0.465 e. The summed E-state index contributed by atoms with van der Waals surface area (Å²) in [6, 6.07) is 6.91. The van der Waals surface area contributed by atoms with Crippen molar-refractivity contribution < 1.29 is 9.53 Å². The molecule has 0 aliphatic rings. The van der Waals surface area contributed by atoms with Crippen LogP contribution in [-0.2, 0) is 4.74 Å². The smallest absolute Gasteiger partial charge is 0.337 e. The van der Waals surface area contributed by atoms with Crippen LogP contribution >= 0.6 is 0 Å². The van der Waals surface area contributed by atoms with E-state index in [0.717, 1.165) is 11.2 Å². The Labute approximate surface area is 114 Å². The van der Waals surface area contributed by atoms with E-state index in [2.05, 4.69) is 30.0 Å². The van der Waals surface area contributed by atoms with Gasteiger partial charge in [-0.05, 0) is 24.3 Å². The zero-order valence-electron chi connectivity index (χ0n) is 10.6. The van der Waals surface area contributed by atoms with Crippen LogP contribution in [0.3, 0.4) is 0 Å². The zero-order valence-corrected chi connectivity index (χ0v) is 10.6. The van der Waals surface area contributed by atoms with E-state index in [1.165, 1.54) is 13.4 Å². The molecule has 0 spiro atoms. The fraction of sp³-hybridized carbons (Fsp3) is 0.0769. The highest BCUT2D eigenvalue weighted by atomic mass is 16.5. The van der Waals surface area contributed by atoms with E-state index in [0.29, 0.717) is 17.0 Å². The summed E-state index contributed by atoms with van der Waals surface area (Å²) in [4.78, 5) is 26.6. The molecule has 2 heterocycles. The standard InChI is InChI=1S/C13H11N5O2/c1-20-13(19)8-2-4-9(5-3-8)18-12-10-11(15-6-14-10)16-7-17-12/h2-7H,1H3,(H2,14,15,16,17,18). The SMILES string of the molecule is COC(=O)c1ccc(Nc2ncnc3nc[nH]c23)cc1. The number of anilines is 2. The van der Waals surface area contributed by atoms with E-state index in [9.17, 15) is 4.79 Å². The molecule has 0 fully saturated rings. The Morgan fingerprint density at radius 1 is 1.20 bits per heavy atom. The van der Waals surface area contributed by atoms with Crippen molar-refractivity contribution in [3.8, 4) is 0 Å². The van der Waals surface area contributed by atoms with Crippen molar-refractivity contribution in [2.24, 2.45) is 0 Å². The van der Waals surface area contributed by atoms with E-state index < -0.39 is 0 Å². The van der Waals surface area contributed by atoms with E-state index in [1.807, 2.05) is 0 Å². The van der Waals surface area contributed by atoms with Crippen LogP contribution in [0.2, 0.25) is 0 Å². The molecule has 0 aliphatic heterocycles. The highest BCUT2D eigenvalue weighted by Crippen LogP contribution is 2.20. The summed E-state index contributed by atoms with van der Waals surface area (Å²) >= 11 is 0. The number of benzene rings is 1. The first-order valence-corrected chi connectivity index (χ1v) is 5.87. The molecule has 20 heavy (non-hydrogen) atoms. The third-order valence-electron chi connectivity index (χ3n) is 2.79. The number of aromatic amines is 1. The Hall–Kier alpha value is -2.96. The molecule has 0 atom stereocenters. The number of esters is 1. The van der Waals surface area contributed by atoms with Gasteiger partial charge in [0, 0.05) is 5.69 Å². The van der Waals surface area contributed by atoms with E-state index >= 15 is 0 Å². The van der Waals surface area contributed by atoms with Crippen LogP contribution in [0.4, 0.5) is 11.5 Å². The number of carbonyl (C=O) groups excluding carboxylic acids is 1. The van der Waals surface area contributed by atoms with Gasteiger partial charge in [0.05, 0.1) is 19.0 Å². The van der Waals surface area contributed by atoms with Gasteiger partial charge in [0.15, 0.2) is 11.5 Å². The van der Waals surface area contributed by atoms with Gasteiger partial charge in [0.1, 0.15) is 11.8 Å². The van der Waals surface area contributed by atoms with Gasteiger partial charge >= 0.3 is 5.97 Å². The first-order valence-electron chi connectivity index (χ1n) is 5.87. The average Bonchev–Trinajstić information content (AvgIpc) is 2.97. The second kappa shape index (κ2) is 4.96. The van der Waals surface area contributed by atoms with Crippen molar-refractivity contribution in [2.45, 2.75) is 0 Å². The van der Waals surface area contributed by atoms with E-state index in [1.54, 1.807) is 30.6 Å². The fourth-order valence-electron chi connectivity index (χ4n) is 1.80. The molecule has 1 aromatic carbocycles. The number of methoxy groups -OCH3 is 1. The zero-order chi connectivity index (χ0) is 13.9. The van der Waals surface area contributed by atoms with Crippen LogP contribution in [0.5, 0.6) is 0 Å². The van der Waals surface area contributed by atoms with Crippen LogP contribution in [-0.4, -0.2) is 33.0 Å². The molecule has 2 N–H and O–H groups in total. The van der Waals surface area contributed by atoms with Gasteiger partial charge < -0.3 is 15.0 Å². The highest BCUT2D eigenvalue weighted by molar-refractivity contribution is 5.90. The lowest BCUT2D eigenvalue weighted by Gasteiger charge is -2.06. The van der Waals surface area contributed by atoms with Crippen molar-refractivity contribution in [2.75, 3.05) is 12.4 Å². The highest BCUT2D eigenvalue weighted by Gasteiger charge is 2.07. The van der Waals surface area contributed by atoms with Gasteiger partial charge in [0.25, 0.3) is 0 Å².